The molecule has 5 heteroatoms. The Labute approximate surface area is 110 Å². The Kier molecular flexibility index (Phi) is 3.79. The Balaban J connectivity index is 2.38. The van der Waals surface area contributed by atoms with E-state index in [-0.39, 0.29) is 0 Å². The molecule has 0 aliphatic heterocycles. The average molecular weight is 268 g/mol. The molecule has 0 fully saturated rings. The highest BCUT2D eigenvalue weighted by molar-refractivity contribution is 6.28. The van der Waals surface area contributed by atoms with E-state index >= 15 is 0 Å². The van der Waals surface area contributed by atoms with Gasteiger partial charge in [-0.1, -0.05) is 0 Å². The molecule has 1 unspecified atom stereocenters. The van der Waals surface area contributed by atoms with Crippen molar-refractivity contribution in [3.63, 3.8) is 0 Å². The van der Waals surface area contributed by atoms with Gasteiger partial charge in [0.25, 0.3) is 0 Å². The van der Waals surface area contributed by atoms with E-state index in [9.17, 15) is 0 Å². The smallest absolute Gasteiger partial charge is 0.193 e. The van der Waals surface area contributed by atoms with Gasteiger partial charge in [0.2, 0.25) is 0 Å². The highest BCUT2D eigenvalue weighted by Crippen LogP contribution is 2.32. The van der Waals surface area contributed by atoms with E-state index < -0.39 is 6.04 Å². The number of rotatable bonds is 4. The summed E-state index contributed by atoms with van der Waals surface area (Å²) in [7, 11) is 3.18. The van der Waals surface area contributed by atoms with Crippen molar-refractivity contribution in [2.24, 2.45) is 5.73 Å². The van der Waals surface area contributed by atoms with Gasteiger partial charge in [-0.05, 0) is 35.9 Å². The van der Waals surface area contributed by atoms with Gasteiger partial charge in [0.1, 0.15) is 17.3 Å². The van der Waals surface area contributed by atoms with Gasteiger partial charge in [0.15, 0.2) is 5.22 Å². The van der Waals surface area contributed by atoms with Crippen molar-refractivity contribution < 1.29 is 13.9 Å². The minimum absolute atomic E-state index is 0.313. The van der Waals surface area contributed by atoms with Crippen LogP contribution in [0.5, 0.6) is 11.5 Å². The molecule has 0 radical (unpaired) electrons. The maximum absolute atomic E-state index is 6.12. The number of halogens is 1. The first-order valence-electron chi connectivity index (χ1n) is 5.38. The number of hydrogen-bond donors (Lipinski definition) is 1. The van der Waals surface area contributed by atoms with Gasteiger partial charge in [-0.3, -0.25) is 0 Å². The average Bonchev–Trinajstić information content (AvgIpc) is 2.83. The van der Waals surface area contributed by atoms with Crippen molar-refractivity contribution >= 4 is 11.6 Å². The third-order valence-corrected chi connectivity index (χ3v) is 2.88. The van der Waals surface area contributed by atoms with Crippen molar-refractivity contribution in [1.29, 1.82) is 0 Å². The second kappa shape index (κ2) is 5.33. The minimum Gasteiger partial charge on any atom is -0.497 e. The van der Waals surface area contributed by atoms with Crippen molar-refractivity contribution in [1.82, 2.24) is 0 Å². The number of furan rings is 1. The van der Waals surface area contributed by atoms with E-state index in [4.69, 9.17) is 31.2 Å². The van der Waals surface area contributed by atoms with Crippen LogP contribution >= 0.6 is 11.6 Å². The van der Waals surface area contributed by atoms with E-state index in [1.54, 1.807) is 32.4 Å². The first kappa shape index (κ1) is 12.8. The molecule has 0 aliphatic rings. The topological polar surface area (TPSA) is 57.6 Å². The number of hydrogen-bond acceptors (Lipinski definition) is 4. The highest BCUT2D eigenvalue weighted by Gasteiger charge is 2.17. The molecule has 0 saturated heterocycles. The lowest BCUT2D eigenvalue weighted by Gasteiger charge is -2.14. The largest absolute Gasteiger partial charge is 0.497 e. The van der Waals surface area contributed by atoms with Crippen molar-refractivity contribution in [3.05, 3.63) is 46.9 Å². The van der Waals surface area contributed by atoms with Gasteiger partial charge in [0.05, 0.1) is 20.3 Å². The number of nitrogens with two attached hydrogens (primary N) is 1. The van der Waals surface area contributed by atoms with Crippen molar-refractivity contribution in [2.45, 2.75) is 6.04 Å². The molecule has 0 amide bonds. The molecule has 0 bridgehead atoms. The lowest BCUT2D eigenvalue weighted by atomic mass is 10.0. The van der Waals surface area contributed by atoms with Gasteiger partial charge in [-0.2, -0.15) is 0 Å². The molecule has 0 spiro atoms. The molecule has 2 N–H and O–H groups in total. The Hall–Kier alpha value is -1.65. The standard InChI is InChI=1S/C13H14ClNO3/c1-16-8-3-4-9(11(7-8)17-2)13(15)10-5-6-12(14)18-10/h3-7,13H,15H2,1-2H3. The number of benzene rings is 1. The predicted molar refractivity (Wildman–Crippen MR) is 69.3 cm³/mol. The fourth-order valence-electron chi connectivity index (χ4n) is 1.72. The van der Waals surface area contributed by atoms with Crippen LogP contribution in [0, 0.1) is 0 Å². The van der Waals surface area contributed by atoms with Crippen molar-refractivity contribution in [3.8, 4) is 11.5 Å². The van der Waals surface area contributed by atoms with Crippen LogP contribution in [0.4, 0.5) is 0 Å². The van der Waals surface area contributed by atoms with Crippen LogP contribution in [0.2, 0.25) is 5.22 Å². The van der Waals surface area contributed by atoms with Crippen LogP contribution in [0.1, 0.15) is 17.4 Å². The van der Waals surface area contributed by atoms with Crippen LogP contribution in [0.3, 0.4) is 0 Å². The minimum atomic E-state index is -0.432. The third kappa shape index (κ3) is 2.44. The molecule has 1 aromatic carbocycles. The first-order chi connectivity index (χ1) is 8.65. The quantitative estimate of drug-likeness (QED) is 0.925. The summed E-state index contributed by atoms with van der Waals surface area (Å²) in [5, 5.41) is 0.313. The molecular formula is C13H14ClNO3. The number of ether oxygens (including phenoxy) is 2. The van der Waals surface area contributed by atoms with E-state index in [0.717, 1.165) is 5.56 Å². The Morgan fingerprint density at radius 1 is 1.17 bits per heavy atom. The molecule has 1 aromatic heterocycles. The SMILES string of the molecule is COc1ccc(C(N)c2ccc(Cl)o2)c(OC)c1. The second-order valence-electron chi connectivity index (χ2n) is 3.73. The van der Waals surface area contributed by atoms with Crippen molar-refractivity contribution in [2.75, 3.05) is 14.2 Å². The van der Waals surface area contributed by atoms with Gasteiger partial charge < -0.3 is 19.6 Å². The van der Waals surface area contributed by atoms with Crippen LogP contribution in [-0.4, -0.2) is 14.2 Å². The summed E-state index contributed by atoms with van der Waals surface area (Å²) in [4.78, 5) is 0. The molecule has 2 rings (SSSR count). The first-order valence-corrected chi connectivity index (χ1v) is 5.76. The van der Waals surface area contributed by atoms with E-state index in [2.05, 4.69) is 0 Å². The third-order valence-electron chi connectivity index (χ3n) is 2.68. The normalized spacial score (nSPS) is 12.2. The molecule has 18 heavy (non-hydrogen) atoms. The summed E-state index contributed by atoms with van der Waals surface area (Å²) in [5.41, 5.74) is 6.93. The summed E-state index contributed by atoms with van der Waals surface area (Å²) in [6, 6.07) is 8.42. The second-order valence-corrected chi connectivity index (χ2v) is 4.10. The van der Waals surface area contributed by atoms with Gasteiger partial charge >= 0.3 is 0 Å². The summed E-state index contributed by atoms with van der Waals surface area (Å²) >= 11 is 5.74. The Morgan fingerprint density at radius 3 is 2.50 bits per heavy atom. The predicted octanol–water partition coefficient (Wildman–Crippen LogP) is 3.00. The Morgan fingerprint density at radius 2 is 1.94 bits per heavy atom. The molecule has 0 aliphatic carbocycles. The summed E-state index contributed by atoms with van der Waals surface area (Å²) in [6.07, 6.45) is 0. The van der Waals surface area contributed by atoms with E-state index in [1.807, 2.05) is 12.1 Å². The maximum atomic E-state index is 6.12. The maximum Gasteiger partial charge on any atom is 0.193 e. The summed E-state index contributed by atoms with van der Waals surface area (Å²) < 4.78 is 15.7. The van der Waals surface area contributed by atoms with Crippen LogP contribution in [-0.2, 0) is 0 Å². The summed E-state index contributed by atoms with van der Waals surface area (Å²) in [5.74, 6) is 1.94. The molecular weight excluding hydrogens is 254 g/mol. The van der Waals surface area contributed by atoms with Crippen LogP contribution < -0.4 is 15.2 Å². The molecule has 4 nitrogen and oxygen atoms in total. The van der Waals surface area contributed by atoms with Crippen LogP contribution in [0.15, 0.2) is 34.7 Å². The van der Waals surface area contributed by atoms with Gasteiger partial charge in [-0.25, -0.2) is 0 Å². The lowest BCUT2D eigenvalue weighted by Crippen LogP contribution is -2.12. The molecule has 1 atom stereocenters. The highest BCUT2D eigenvalue weighted by atomic mass is 35.5. The summed E-state index contributed by atoms with van der Waals surface area (Å²) in [6.45, 7) is 0. The van der Waals surface area contributed by atoms with E-state index in [1.165, 1.54) is 0 Å². The molecule has 0 saturated carbocycles. The zero-order chi connectivity index (χ0) is 13.1. The zero-order valence-corrected chi connectivity index (χ0v) is 10.9. The Bertz CT molecular complexity index is 539. The molecule has 2 aromatic rings. The van der Waals surface area contributed by atoms with Crippen LogP contribution in [0.25, 0.3) is 0 Å². The van der Waals surface area contributed by atoms with E-state index in [0.29, 0.717) is 22.5 Å². The van der Waals surface area contributed by atoms with Gasteiger partial charge in [-0.15, -0.1) is 0 Å². The zero-order valence-electron chi connectivity index (χ0n) is 10.1. The fourth-order valence-corrected chi connectivity index (χ4v) is 1.88. The monoisotopic (exact) mass is 267 g/mol. The fraction of sp³-hybridized carbons (Fsp3) is 0.231. The number of methoxy groups -OCH3 is 2. The molecule has 96 valence electrons. The lowest BCUT2D eigenvalue weighted by molar-refractivity contribution is 0.387. The van der Waals surface area contributed by atoms with Gasteiger partial charge in [0, 0.05) is 11.6 Å². The molecule has 1 heterocycles.